The van der Waals surface area contributed by atoms with Crippen molar-refractivity contribution < 1.29 is 17.9 Å². The van der Waals surface area contributed by atoms with Crippen molar-refractivity contribution >= 4 is 22.0 Å². The second kappa shape index (κ2) is 6.88. The average molecular weight is 349 g/mol. The first kappa shape index (κ1) is 17.7. The van der Waals surface area contributed by atoms with Gasteiger partial charge in [-0.15, -0.1) is 0 Å². The first-order valence-electron chi connectivity index (χ1n) is 7.13. The molecule has 2 rings (SSSR count). The summed E-state index contributed by atoms with van der Waals surface area (Å²) in [5.41, 5.74) is 2.42. The average Bonchev–Trinajstić information content (AvgIpc) is 2.77. The summed E-state index contributed by atoms with van der Waals surface area (Å²) in [5, 5.41) is 4.23. The predicted molar refractivity (Wildman–Crippen MR) is 90.0 cm³/mol. The topological polar surface area (TPSA) is 90.3 Å². The van der Waals surface area contributed by atoms with Crippen LogP contribution in [0.1, 0.15) is 17.0 Å². The highest BCUT2D eigenvalue weighted by Crippen LogP contribution is 2.17. The Morgan fingerprint density at radius 2 is 2.04 bits per heavy atom. The summed E-state index contributed by atoms with van der Waals surface area (Å²) in [6, 6.07) is 5.89. The van der Waals surface area contributed by atoms with Crippen LogP contribution in [-0.4, -0.2) is 31.2 Å². The zero-order valence-electron chi connectivity index (χ0n) is 13.9. The number of benzene rings is 1. The fraction of sp³-hybridized carbons (Fsp3) is 0.250. The molecule has 0 aliphatic carbocycles. The van der Waals surface area contributed by atoms with Gasteiger partial charge in [0.15, 0.2) is 0 Å². The van der Waals surface area contributed by atoms with Crippen molar-refractivity contribution in [2.45, 2.75) is 18.7 Å². The molecule has 8 heteroatoms. The monoisotopic (exact) mass is 349 g/mol. The van der Waals surface area contributed by atoms with Gasteiger partial charge in [-0.3, -0.25) is 9.48 Å². The van der Waals surface area contributed by atoms with E-state index in [0.717, 1.165) is 17.0 Å². The number of aromatic nitrogens is 2. The maximum atomic E-state index is 12.2. The van der Waals surface area contributed by atoms with Crippen LogP contribution in [0.3, 0.4) is 0 Å². The second-order valence-corrected chi connectivity index (χ2v) is 6.87. The highest BCUT2D eigenvalue weighted by atomic mass is 32.2. The van der Waals surface area contributed by atoms with E-state index in [9.17, 15) is 13.2 Å². The van der Waals surface area contributed by atoms with Gasteiger partial charge in [0.1, 0.15) is 5.75 Å². The molecule has 1 N–H and O–H groups in total. The first-order valence-corrected chi connectivity index (χ1v) is 8.62. The smallest absolute Gasteiger partial charge is 0.264 e. The number of carbonyl (C=O) groups excluding carboxylic acids is 1. The number of sulfonamides is 1. The largest absolute Gasteiger partial charge is 0.497 e. The van der Waals surface area contributed by atoms with E-state index in [4.69, 9.17) is 4.74 Å². The summed E-state index contributed by atoms with van der Waals surface area (Å²) in [6.45, 7) is 3.68. The molecule has 128 valence electrons. The van der Waals surface area contributed by atoms with Crippen molar-refractivity contribution in [1.29, 1.82) is 0 Å². The fourth-order valence-electron chi connectivity index (χ4n) is 2.18. The van der Waals surface area contributed by atoms with Crippen LogP contribution in [0.4, 0.5) is 0 Å². The molecule has 0 saturated heterocycles. The number of methoxy groups -OCH3 is 1. The van der Waals surface area contributed by atoms with Gasteiger partial charge in [0.05, 0.1) is 17.7 Å². The number of nitrogens with one attached hydrogen (secondary N) is 1. The molecule has 0 unspecified atom stereocenters. The number of ether oxygens (including phenoxy) is 1. The second-order valence-electron chi connectivity index (χ2n) is 5.19. The van der Waals surface area contributed by atoms with E-state index in [1.54, 1.807) is 23.9 Å². The Labute approximate surface area is 141 Å². The Bertz CT molecular complexity index is 898. The zero-order chi connectivity index (χ0) is 17.9. The van der Waals surface area contributed by atoms with Gasteiger partial charge >= 0.3 is 0 Å². The van der Waals surface area contributed by atoms with E-state index in [1.165, 1.54) is 31.4 Å². The molecule has 0 fully saturated rings. The van der Waals surface area contributed by atoms with Gasteiger partial charge in [-0.1, -0.05) is 6.07 Å². The molecule has 2 aromatic rings. The Balaban J connectivity index is 2.17. The standard InChI is InChI=1S/C16H19N3O4S/c1-11-15(12(2)19(3)17-11)8-9-16(20)18-24(21,22)14-7-5-6-13(10-14)23-4/h5-10H,1-4H3,(H,18,20)/b9-8-. The number of amides is 1. The van der Waals surface area contributed by atoms with Gasteiger partial charge in [0, 0.05) is 30.4 Å². The SMILES string of the molecule is COc1cccc(S(=O)(=O)NC(=O)/C=C\c2c(C)nn(C)c2C)c1. The van der Waals surface area contributed by atoms with Gasteiger partial charge in [-0.25, -0.2) is 13.1 Å². The molecule has 0 aliphatic heterocycles. The van der Waals surface area contributed by atoms with E-state index in [1.807, 2.05) is 18.6 Å². The van der Waals surface area contributed by atoms with E-state index in [0.29, 0.717) is 5.75 Å². The molecule has 1 heterocycles. The quantitative estimate of drug-likeness (QED) is 0.828. The van der Waals surface area contributed by atoms with Crippen LogP contribution in [0.15, 0.2) is 35.2 Å². The highest BCUT2D eigenvalue weighted by molar-refractivity contribution is 7.90. The lowest BCUT2D eigenvalue weighted by Crippen LogP contribution is -2.28. The van der Waals surface area contributed by atoms with Gasteiger partial charge in [-0.2, -0.15) is 5.10 Å². The Hall–Kier alpha value is -2.61. The molecule has 1 amide bonds. The van der Waals surface area contributed by atoms with Crippen molar-refractivity contribution in [3.63, 3.8) is 0 Å². The molecule has 0 aliphatic rings. The van der Waals surface area contributed by atoms with Crippen LogP contribution in [0, 0.1) is 13.8 Å². The lowest BCUT2D eigenvalue weighted by Gasteiger charge is -2.06. The highest BCUT2D eigenvalue weighted by Gasteiger charge is 2.17. The molecule has 24 heavy (non-hydrogen) atoms. The third-order valence-corrected chi connectivity index (χ3v) is 4.90. The van der Waals surface area contributed by atoms with Gasteiger partial charge in [-0.05, 0) is 32.1 Å². The number of carbonyl (C=O) groups is 1. The van der Waals surface area contributed by atoms with Crippen molar-refractivity contribution in [3.05, 3.63) is 47.3 Å². The molecule has 0 spiro atoms. The summed E-state index contributed by atoms with van der Waals surface area (Å²) >= 11 is 0. The summed E-state index contributed by atoms with van der Waals surface area (Å²) in [6.07, 6.45) is 2.73. The Morgan fingerprint density at radius 3 is 2.62 bits per heavy atom. The lowest BCUT2D eigenvalue weighted by molar-refractivity contribution is -0.114. The third kappa shape index (κ3) is 3.83. The first-order chi connectivity index (χ1) is 11.2. The minimum absolute atomic E-state index is 0.0441. The molecular weight excluding hydrogens is 330 g/mol. The number of nitrogens with zero attached hydrogens (tertiary/aromatic N) is 2. The van der Waals surface area contributed by atoms with Crippen molar-refractivity contribution in [2.24, 2.45) is 7.05 Å². The number of hydrogen-bond donors (Lipinski definition) is 1. The van der Waals surface area contributed by atoms with Crippen LogP contribution in [0.2, 0.25) is 0 Å². The molecule has 0 atom stereocenters. The normalized spacial score (nSPS) is 11.7. The molecule has 0 radical (unpaired) electrons. The zero-order valence-corrected chi connectivity index (χ0v) is 14.7. The molecule has 1 aromatic heterocycles. The van der Waals surface area contributed by atoms with E-state index >= 15 is 0 Å². The molecule has 1 aromatic carbocycles. The molecule has 7 nitrogen and oxygen atoms in total. The van der Waals surface area contributed by atoms with Gasteiger partial charge in [0.2, 0.25) is 0 Å². The summed E-state index contributed by atoms with van der Waals surface area (Å²) in [4.78, 5) is 11.9. The number of aryl methyl sites for hydroxylation is 2. The lowest BCUT2D eigenvalue weighted by atomic mass is 10.2. The number of hydrogen-bond acceptors (Lipinski definition) is 5. The Kier molecular flexibility index (Phi) is 5.08. The van der Waals surface area contributed by atoms with Crippen molar-refractivity contribution in [3.8, 4) is 5.75 Å². The summed E-state index contributed by atoms with van der Waals surface area (Å²) in [7, 11) is -0.728. The maximum absolute atomic E-state index is 12.2. The molecular formula is C16H19N3O4S. The van der Waals surface area contributed by atoms with E-state index in [-0.39, 0.29) is 4.90 Å². The minimum atomic E-state index is -3.96. The third-order valence-electron chi connectivity index (χ3n) is 3.55. The fourth-order valence-corrected chi connectivity index (χ4v) is 3.16. The molecule has 0 bridgehead atoms. The van der Waals surface area contributed by atoms with Crippen LogP contribution >= 0.6 is 0 Å². The van der Waals surface area contributed by atoms with Crippen LogP contribution < -0.4 is 9.46 Å². The number of rotatable bonds is 5. The van der Waals surface area contributed by atoms with Crippen LogP contribution in [0.25, 0.3) is 6.08 Å². The van der Waals surface area contributed by atoms with Gasteiger partial charge in [0.25, 0.3) is 15.9 Å². The molecule has 0 saturated carbocycles. The maximum Gasteiger partial charge on any atom is 0.264 e. The van der Waals surface area contributed by atoms with Crippen molar-refractivity contribution in [1.82, 2.24) is 14.5 Å². The summed E-state index contributed by atoms with van der Waals surface area (Å²) in [5.74, 6) is -0.344. The van der Waals surface area contributed by atoms with E-state index < -0.39 is 15.9 Å². The summed E-state index contributed by atoms with van der Waals surface area (Å²) < 4.78 is 33.1. The van der Waals surface area contributed by atoms with Crippen LogP contribution in [-0.2, 0) is 21.9 Å². The Morgan fingerprint density at radius 1 is 1.33 bits per heavy atom. The minimum Gasteiger partial charge on any atom is -0.497 e. The van der Waals surface area contributed by atoms with E-state index in [2.05, 4.69) is 5.10 Å². The van der Waals surface area contributed by atoms with Crippen LogP contribution in [0.5, 0.6) is 5.75 Å². The van der Waals surface area contributed by atoms with Gasteiger partial charge < -0.3 is 4.74 Å². The predicted octanol–water partition coefficient (Wildman–Crippen LogP) is 1.56. The van der Waals surface area contributed by atoms with Crippen molar-refractivity contribution in [2.75, 3.05) is 7.11 Å².